The fraction of sp³-hybridized carbons (Fsp3) is 0.417. The Morgan fingerprint density at radius 1 is 1.26 bits per heavy atom. The van der Waals surface area contributed by atoms with Crippen LogP contribution in [0.4, 0.5) is 13.2 Å². The molecule has 1 fully saturated rings. The van der Waals surface area contributed by atoms with Gasteiger partial charge in [-0.3, -0.25) is 4.79 Å². The molecule has 2 aliphatic heterocycles. The van der Waals surface area contributed by atoms with E-state index in [0.29, 0.717) is 12.0 Å². The van der Waals surface area contributed by atoms with Gasteiger partial charge in [0.1, 0.15) is 5.71 Å². The van der Waals surface area contributed by atoms with Crippen molar-refractivity contribution in [3.05, 3.63) is 68.8 Å². The van der Waals surface area contributed by atoms with Crippen molar-refractivity contribution in [1.82, 2.24) is 5.32 Å². The molecule has 1 saturated heterocycles. The van der Waals surface area contributed by atoms with E-state index in [1.54, 1.807) is 23.9 Å². The fourth-order valence-electron chi connectivity index (χ4n) is 4.29. The molecular weight excluding hydrogens is 508 g/mol. The molecule has 1 aromatic rings. The first kappa shape index (κ1) is 25.2. The highest BCUT2D eigenvalue weighted by atomic mass is 35.5. The van der Waals surface area contributed by atoms with Crippen LogP contribution in [-0.4, -0.2) is 35.3 Å². The number of amides is 1. The van der Waals surface area contributed by atoms with Crippen LogP contribution < -0.4 is 5.32 Å². The molecule has 2 heterocycles. The maximum absolute atomic E-state index is 14.6. The van der Waals surface area contributed by atoms with E-state index in [1.807, 2.05) is 13.8 Å². The van der Waals surface area contributed by atoms with Crippen LogP contribution in [0.5, 0.6) is 0 Å². The van der Waals surface area contributed by atoms with Gasteiger partial charge in [-0.25, -0.2) is 0 Å². The van der Waals surface area contributed by atoms with Crippen molar-refractivity contribution >= 4 is 46.6 Å². The SMILES string of the molecule is C/C=C1\C(C2=CCC(C)(C(=O)NC3CSC3)C(C)=C2)=NOC1(c1cc(Cl)cc(Cl)c1)C(F)(F)F. The average Bonchev–Trinajstić information content (AvgIpc) is 3.12. The van der Waals surface area contributed by atoms with E-state index in [2.05, 4.69) is 10.5 Å². The van der Waals surface area contributed by atoms with Gasteiger partial charge < -0.3 is 10.2 Å². The Kier molecular flexibility index (Phi) is 6.64. The number of hydrogen-bond donors (Lipinski definition) is 1. The molecule has 10 heteroatoms. The number of alkyl halides is 3. The van der Waals surface area contributed by atoms with E-state index in [-0.39, 0.29) is 38.8 Å². The molecule has 34 heavy (non-hydrogen) atoms. The van der Waals surface area contributed by atoms with E-state index < -0.39 is 17.2 Å². The number of nitrogens with zero attached hydrogens (tertiary/aromatic N) is 1. The molecule has 0 spiro atoms. The number of carbonyl (C=O) groups excluding carboxylic acids is 1. The van der Waals surface area contributed by atoms with Crippen LogP contribution in [0.15, 0.2) is 58.3 Å². The van der Waals surface area contributed by atoms with Crippen LogP contribution >= 0.6 is 35.0 Å². The molecule has 4 nitrogen and oxygen atoms in total. The third-order valence-corrected chi connectivity index (χ3v) is 8.30. The van der Waals surface area contributed by atoms with Crippen LogP contribution in [0.3, 0.4) is 0 Å². The standard InChI is InChI=1S/C24H23Cl2F3N2O2S/c1-4-19-20(14-5-6-22(3,13(2)7-14)21(32)30-18-11-34-12-18)31-33-23(19,24(27,28)29)15-8-16(25)10-17(26)9-15/h4-5,7-10,18H,6,11-12H2,1-3H3,(H,30,32)/b19-4+. The zero-order valence-corrected chi connectivity index (χ0v) is 21.1. The number of halogens is 5. The van der Waals surface area contributed by atoms with E-state index in [9.17, 15) is 18.0 Å². The number of oxime groups is 1. The summed E-state index contributed by atoms with van der Waals surface area (Å²) in [6.07, 6.45) is 0.269. The molecule has 0 saturated carbocycles. The van der Waals surface area contributed by atoms with Gasteiger partial charge in [0.15, 0.2) is 0 Å². The molecular formula is C24H23Cl2F3N2O2S. The number of rotatable bonds is 4. The molecule has 0 bridgehead atoms. The molecule has 0 aromatic heterocycles. The molecule has 4 rings (SSSR count). The summed E-state index contributed by atoms with van der Waals surface area (Å²) in [5.41, 5.74) is -2.79. The Morgan fingerprint density at radius 3 is 2.41 bits per heavy atom. The van der Waals surface area contributed by atoms with Gasteiger partial charge in [0, 0.05) is 38.7 Å². The van der Waals surface area contributed by atoms with Gasteiger partial charge in [0.2, 0.25) is 5.91 Å². The lowest BCUT2D eigenvalue weighted by Crippen LogP contribution is -2.50. The number of benzene rings is 1. The predicted octanol–water partition coefficient (Wildman–Crippen LogP) is 6.60. The van der Waals surface area contributed by atoms with Crippen LogP contribution in [0.25, 0.3) is 0 Å². The smallest absolute Gasteiger partial charge is 0.369 e. The summed E-state index contributed by atoms with van der Waals surface area (Å²) in [4.78, 5) is 18.1. The van der Waals surface area contributed by atoms with Crippen LogP contribution in [0.2, 0.25) is 10.0 Å². The summed E-state index contributed by atoms with van der Waals surface area (Å²) >= 11 is 13.8. The zero-order valence-electron chi connectivity index (χ0n) is 18.7. The predicted molar refractivity (Wildman–Crippen MR) is 130 cm³/mol. The van der Waals surface area contributed by atoms with Gasteiger partial charge in [-0.1, -0.05) is 52.2 Å². The monoisotopic (exact) mass is 530 g/mol. The number of hydrogen-bond acceptors (Lipinski definition) is 4. The molecule has 1 aromatic carbocycles. The second-order valence-corrected chi connectivity index (χ2v) is 10.7. The van der Waals surface area contributed by atoms with E-state index in [1.165, 1.54) is 31.2 Å². The van der Waals surface area contributed by atoms with Crippen molar-refractivity contribution in [3.63, 3.8) is 0 Å². The summed E-state index contributed by atoms with van der Waals surface area (Å²) in [5, 5.41) is 7.05. The number of carbonyl (C=O) groups is 1. The Bertz CT molecular complexity index is 1140. The molecule has 0 radical (unpaired) electrons. The molecule has 1 amide bonds. The van der Waals surface area contributed by atoms with Gasteiger partial charge in [0.25, 0.3) is 5.60 Å². The molecule has 2 unspecified atom stereocenters. The first-order valence-electron chi connectivity index (χ1n) is 10.7. The highest BCUT2D eigenvalue weighted by Crippen LogP contribution is 2.53. The van der Waals surface area contributed by atoms with Gasteiger partial charge >= 0.3 is 6.18 Å². The van der Waals surface area contributed by atoms with Gasteiger partial charge in [-0.05, 0) is 51.0 Å². The topological polar surface area (TPSA) is 50.7 Å². The summed E-state index contributed by atoms with van der Waals surface area (Å²) in [5.74, 6) is 1.69. The summed E-state index contributed by atoms with van der Waals surface area (Å²) in [7, 11) is 0. The lowest BCUT2D eigenvalue weighted by Gasteiger charge is -2.35. The second kappa shape index (κ2) is 8.95. The maximum Gasteiger partial charge on any atom is 0.440 e. The van der Waals surface area contributed by atoms with Gasteiger partial charge in [-0.2, -0.15) is 24.9 Å². The van der Waals surface area contributed by atoms with E-state index in [0.717, 1.165) is 17.1 Å². The summed E-state index contributed by atoms with van der Waals surface area (Å²) in [6.45, 7) is 5.15. The highest BCUT2D eigenvalue weighted by Gasteiger charge is 2.65. The number of nitrogens with one attached hydrogen (secondary N) is 1. The van der Waals surface area contributed by atoms with Crippen LogP contribution in [0.1, 0.15) is 32.8 Å². The van der Waals surface area contributed by atoms with Crippen molar-refractivity contribution in [2.75, 3.05) is 11.5 Å². The van der Waals surface area contributed by atoms with Crippen molar-refractivity contribution in [1.29, 1.82) is 0 Å². The quantitative estimate of drug-likeness (QED) is 0.477. The number of thioether (sulfide) groups is 1. The third-order valence-electron chi connectivity index (χ3n) is 6.59. The van der Waals surface area contributed by atoms with Crippen LogP contribution in [0, 0.1) is 5.41 Å². The molecule has 2 atom stereocenters. The molecule has 3 aliphatic rings. The largest absolute Gasteiger partial charge is 0.440 e. The minimum absolute atomic E-state index is 0.0536. The molecule has 1 aliphatic carbocycles. The Labute approximate surface area is 210 Å². The summed E-state index contributed by atoms with van der Waals surface area (Å²) < 4.78 is 43.8. The van der Waals surface area contributed by atoms with Crippen molar-refractivity contribution in [2.24, 2.45) is 10.6 Å². The molecule has 182 valence electrons. The van der Waals surface area contributed by atoms with Crippen molar-refractivity contribution in [3.8, 4) is 0 Å². The van der Waals surface area contributed by atoms with E-state index in [4.69, 9.17) is 28.0 Å². The average molecular weight is 531 g/mol. The Hall–Kier alpha value is -1.90. The minimum Gasteiger partial charge on any atom is -0.369 e. The first-order valence-corrected chi connectivity index (χ1v) is 12.6. The summed E-state index contributed by atoms with van der Waals surface area (Å²) in [6, 6.07) is 3.87. The first-order chi connectivity index (χ1) is 15.9. The van der Waals surface area contributed by atoms with Gasteiger partial charge in [0.05, 0.1) is 5.41 Å². The maximum atomic E-state index is 14.6. The lowest BCUT2D eigenvalue weighted by atomic mass is 9.72. The lowest BCUT2D eigenvalue weighted by molar-refractivity contribution is -0.261. The Balaban J connectivity index is 1.69. The third kappa shape index (κ3) is 4.07. The highest BCUT2D eigenvalue weighted by molar-refractivity contribution is 8.00. The van der Waals surface area contributed by atoms with Crippen molar-refractivity contribution < 1.29 is 22.8 Å². The normalized spacial score (nSPS) is 28.6. The fourth-order valence-corrected chi connectivity index (χ4v) is 5.45. The van der Waals surface area contributed by atoms with E-state index >= 15 is 0 Å². The zero-order chi connectivity index (χ0) is 24.9. The number of allylic oxidation sites excluding steroid dienone is 4. The molecule has 1 N–H and O–H groups in total. The Morgan fingerprint density at radius 2 is 1.91 bits per heavy atom. The minimum atomic E-state index is -4.85. The second-order valence-electron chi connectivity index (χ2n) is 8.80. The van der Waals surface area contributed by atoms with Crippen molar-refractivity contribution in [2.45, 2.75) is 45.0 Å². The van der Waals surface area contributed by atoms with Crippen LogP contribution in [-0.2, 0) is 15.2 Å². The van der Waals surface area contributed by atoms with Gasteiger partial charge in [-0.15, -0.1) is 0 Å².